The van der Waals surface area contributed by atoms with E-state index < -0.39 is 12.1 Å². The molecule has 3 aromatic rings. The minimum absolute atomic E-state index is 0.00243. The molecule has 0 saturated carbocycles. The van der Waals surface area contributed by atoms with Crippen molar-refractivity contribution in [2.75, 3.05) is 24.7 Å². The van der Waals surface area contributed by atoms with Gasteiger partial charge in [-0.25, -0.2) is 4.98 Å². The van der Waals surface area contributed by atoms with Crippen LogP contribution in [0.1, 0.15) is 35.8 Å². The van der Waals surface area contributed by atoms with E-state index in [9.17, 15) is 27.9 Å². The fraction of sp³-hybridized carbons (Fsp3) is 0.385. The van der Waals surface area contributed by atoms with Gasteiger partial charge in [0.1, 0.15) is 5.65 Å². The van der Waals surface area contributed by atoms with Crippen molar-refractivity contribution in [1.82, 2.24) is 14.5 Å². The van der Waals surface area contributed by atoms with Gasteiger partial charge in [-0.05, 0) is 24.1 Å². The molecule has 0 aliphatic carbocycles. The lowest BCUT2D eigenvalue weighted by molar-refractivity contribution is -0.170. The normalized spacial score (nSPS) is 12.5. The standard InChI is InChI=1S/C26H28ClF3N4O4/c1-16(11-17(2)35)12-22(36)23-20-13-18(27)14-32-24(20)33(3)21(23)6-9-38-10-8-34(25(37)26(28,29)30)19-5-4-7-31-15-19/h4-5,7,13-16,35H,2,6,8-12H2,1,3H3. The van der Waals surface area contributed by atoms with Gasteiger partial charge in [-0.15, -0.1) is 0 Å². The number of Topliss-reactive ketones (excluding diaryl/α,β-unsaturated/α-hetero) is 1. The summed E-state index contributed by atoms with van der Waals surface area (Å²) >= 11 is 6.15. The molecule has 8 nitrogen and oxygen atoms in total. The molecule has 0 fully saturated rings. The third-order valence-corrected chi connectivity index (χ3v) is 6.10. The van der Waals surface area contributed by atoms with Crippen LogP contribution in [0.4, 0.5) is 18.9 Å². The second kappa shape index (κ2) is 12.4. The van der Waals surface area contributed by atoms with Crippen molar-refractivity contribution >= 4 is 40.0 Å². The number of carbonyl (C=O) groups excluding carboxylic acids is 2. The summed E-state index contributed by atoms with van der Waals surface area (Å²) in [5.74, 6) is -2.35. The number of amides is 1. The number of aryl methyl sites for hydroxylation is 1. The second-order valence-corrected chi connectivity index (χ2v) is 9.37. The van der Waals surface area contributed by atoms with Crippen LogP contribution in [-0.4, -0.2) is 57.3 Å². The van der Waals surface area contributed by atoms with Gasteiger partial charge in [0.25, 0.3) is 0 Å². The van der Waals surface area contributed by atoms with Gasteiger partial charge in [0, 0.05) is 61.9 Å². The number of nitrogens with zero attached hydrogens (tertiary/aromatic N) is 4. The first-order chi connectivity index (χ1) is 17.9. The van der Waals surface area contributed by atoms with Crippen LogP contribution in [0.2, 0.25) is 5.02 Å². The van der Waals surface area contributed by atoms with Gasteiger partial charge in [-0.1, -0.05) is 25.1 Å². The summed E-state index contributed by atoms with van der Waals surface area (Å²) in [5.41, 5.74) is 1.61. The second-order valence-electron chi connectivity index (χ2n) is 8.94. The molecular formula is C26H28ClF3N4O4. The minimum atomic E-state index is -5.05. The molecule has 0 spiro atoms. The van der Waals surface area contributed by atoms with Gasteiger partial charge in [0.15, 0.2) is 5.78 Å². The first-order valence-electron chi connectivity index (χ1n) is 11.8. The molecule has 0 aromatic carbocycles. The van der Waals surface area contributed by atoms with Crippen LogP contribution in [-0.2, 0) is 23.0 Å². The van der Waals surface area contributed by atoms with Crippen LogP contribution in [0, 0.1) is 5.92 Å². The first kappa shape index (κ1) is 29.1. The lowest BCUT2D eigenvalue weighted by Crippen LogP contribution is -2.43. The number of hydrogen-bond acceptors (Lipinski definition) is 6. The fourth-order valence-corrected chi connectivity index (χ4v) is 4.43. The van der Waals surface area contributed by atoms with Crippen LogP contribution >= 0.6 is 11.6 Å². The molecule has 0 saturated heterocycles. The molecule has 38 heavy (non-hydrogen) atoms. The van der Waals surface area contributed by atoms with E-state index in [1.54, 1.807) is 17.7 Å². The Labute approximate surface area is 222 Å². The van der Waals surface area contributed by atoms with Crippen LogP contribution in [0.5, 0.6) is 0 Å². The number of halogens is 4. The van der Waals surface area contributed by atoms with E-state index >= 15 is 0 Å². The Morgan fingerprint density at radius 3 is 2.63 bits per heavy atom. The number of aliphatic hydroxyl groups excluding tert-OH is 1. The topological polar surface area (TPSA) is 97.5 Å². The highest BCUT2D eigenvalue weighted by atomic mass is 35.5. The van der Waals surface area contributed by atoms with Crippen molar-refractivity contribution in [3.05, 3.63) is 65.4 Å². The molecule has 0 bridgehead atoms. The number of alkyl halides is 3. The third-order valence-electron chi connectivity index (χ3n) is 5.90. The molecule has 3 aromatic heterocycles. The number of allylic oxidation sites excluding steroid dienone is 1. The van der Waals surface area contributed by atoms with E-state index in [2.05, 4.69) is 16.5 Å². The van der Waals surface area contributed by atoms with Crippen LogP contribution in [0.15, 0.2) is 49.1 Å². The number of fused-ring (bicyclic) bond motifs is 1. The average molecular weight is 553 g/mol. The number of ketones is 1. The minimum Gasteiger partial charge on any atom is -0.513 e. The molecule has 3 rings (SSSR count). The number of hydrogen-bond donors (Lipinski definition) is 1. The Hall–Kier alpha value is -3.44. The van der Waals surface area contributed by atoms with Crippen molar-refractivity contribution < 1.29 is 32.6 Å². The average Bonchev–Trinajstić information content (AvgIpc) is 3.11. The van der Waals surface area contributed by atoms with Crippen molar-refractivity contribution in [3.8, 4) is 0 Å². The van der Waals surface area contributed by atoms with Crippen LogP contribution < -0.4 is 4.90 Å². The molecule has 0 radical (unpaired) electrons. The number of ether oxygens (including phenoxy) is 1. The summed E-state index contributed by atoms with van der Waals surface area (Å²) in [5, 5.41) is 10.4. The van der Waals surface area contributed by atoms with Crippen molar-refractivity contribution in [2.45, 2.75) is 32.4 Å². The number of carbonyl (C=O) groups is 2. The van der Waals surface area contributed by atoms with Crippen molar-refractivity contribution in [3.63, 3.8) is 0 Å². The predicted molar refractivity (Wildman–Crippen MR) is 137 cm³/mol. The molecule has 1 atom stereocenters. The zero-order valence-corrected chi connectivity index (χ0v) is 21.7. The number of anilines is 1. The Bertz CT molecular complexity index is 1310. The zero-order chi connectivity index (χ0) is 28.0. The number of pyridine rings is 2. The van der Waals surface area contributed by atoms with Crippen LogP contribution in [0.25, 0.3) is 11.0 Å². The van der Waals surface area contributed by atoms with E-state index in [0.717, 1.165) is 0 Å². The summed E-state index contributed by atoms with van der Waals surface area (Å²) in [7, 11) is 1.75. The summed E-state index contributed by atoms with van der Waals surface area (Å²) in [4.78, 5) is 33.9. The van der Waals surface area contributed by atoms with E-state index in [-0.39, 0.29) is 62.2 Å². The van der Waals surface area contributed by atoms with E-state index in [1.165, 1.54) is 30.7 Å². The summed E-state index contributed by atoms with van der Waals surface area (Å²) in [6.45, 7) is 4.86. The Balaban J connectivity index is 1.75. The maximum absolute atomic E-state index is 13.3. The van der Waals surface area contributed by atoms with E-state index in [4.69, 9.17) is 16.3 Å². The maximum atomic E-state index is 13.3. The molecule has 1 unspecified atom stereocenters. The summed E-state index contributed by atoms with van der Waals surface area (Å²) in [6.07, 6.45) is -0.336. The fourth-order valence-electron chi connectivity index (χ4n) is 4.27. The molecule has 3 heterocycles. The largest absolute Gasteiger partial charge is 0.513 e. The lowest BCUT2D eigenvalue weighted by atomic mass is 9.94. The van der Waals surface area contributed by atoms with Gasteiger partial charge in [-0.2, -0.15) is 13.2 Å². The van der Waals surface area contributed by atoms with Gasteiger partial charge in [-0.3, -0.25) is 14.6 Å². The third kappa shape index (κ3) is 7.11. The number of rotatable bonds is 12. The quantitative estimate of drug-likeness (QED) is 0.182. The van der Waals surface area contributed by atoms with Crippen LogP contribution in [0.3, 0.4) is 0 Å². The molecular weight excluding hydrogens is 525 g/mol. The molecule has 1 N–H and O–H groups in total. The Morgan fingerprint density at radius 1 is 1.26 bits per heavy atom. The van der Waals surface area contributed by atoms with Gasteiger partial charge in [0.2, 0.25) is 0 Å². The van der Waals surface area contributed by atoms with Gasteiger partial charge in [0.05, 0.1) is 35.9 Å². The highest BCUT2D eigenvalue weighted by molar-refractivity contribution is 6.31. The number of aliphatic hydroxyl groups is 1. The molecule has 0 aliphatic rings. The maximum Gasteiger partial charge on any atom is 0.471 e. The molecule has 0 aliphatic heterocycles. The Kier molecular flexibility index (Phi) is 9.50. The molecule has 1 amide bonds. The predicted octanol–water partition coefficient (Wildman–Crippen LogP) is 5.45. The highest BCUT2D eigenvalue weighted by Crippen LogP contribution is 2.30. The van der Waals surface area contributed by atoms with E-state index in [0.29, 0.717) is 32.2 Å². The summed E-state index contributed by atoms with van der Waals surface area (Å²) < 4.78 is 46.7. The molecule has 204 valence electrons. The molecule has 12 heteroatoms. The van der Waals surface area contributed by atoms with Gasteiger partial charge < -0.3 is 19.3 Å². The van der Waals surface area contributed by atoms with Crippen molar-refractivity contribution in [2.24, 2.45) is 13.0 Å². The zero-order valence-electron chi connectivity index (χ0n) is 21.0. The lowest BCUT2D eigenvalue weighted by Gasteiger charge is -2.23. The SMILES string of the molecule is C=C(O)CC(C)CC(=O)c1c(CCOCCN(C(=O)C(F)(F)F)c2cccnc2)n(C)c2ncc(Cl)cc12. The Morgan fingerprint density at radius 2 is 2.00 bits per heavy atom. The number of aromatic nitrogens is 3. The monoisotopic (exact) mass is 552 g/mol. The van der Waals surface area contributed by atoms with E-state index in [1.807, 2.05) is 6.92 Å². The highest BCUT2D eigenvalue weighted by Gasteiger charge is 2.43. The smallest absolute Gasteiger partial charge is 0.471 e. The summed E-state index contributed by atoms with van der Waals surface area (Å²) in [6, 6.07) is 4.45. The van der Waals surface area contributed by atoms with Crippen molar-refractivity contribution in [1.29, 1.82) is 0 Å². The van der Waals surface area contributed by atoms with Gasteiger partial charge >= 0.3 is 12.1 Å². The first-order valence-corrected chi connectivity index (χ1v) is 12.2.